The van der Waals surface area contributed by atoms with E-state index in [2.05, 4.69) is 46.2 Å². The zero-order valence-electron chi connectivity index (χ0n) is 9.34. The lowest BCUT2D eigenvalue weighted by Gasteiger charge is -2.06. The summed E-state index contributed by atoms with van der Waals surface area (Å²) >= 11 is 1.74. The molecule has 0 atom stereocenters. The number of hydrogen-bond acceptors (Lipinski definition) is 4. The number of nitrogens with one attached hydrogen (secondary N) is 1. The largest absolute Gasteiger partial charge is 0.379 e. The van der Waals surface area contributed by atoms with Crippen LogP contribution in [0.1, 0.15) is 5.69 Å². The molecule has 1 aromatic carbocycles. The Balaban J connectivity index is 1.97. The molecule has 0 saturated heterocycles. The van der Waals surface area contributed by atoms with Crippen LogP contribution in [0.2, 0.25) is 0 Å². The van der Waals surface area contributed by atoms with Crippen molar-refractivity contribution in [2.24, 2.45) is 7.05 Å². The average Bonchev–Trinajstić information content (AvgIpc) is 2.73. The third-order valence-corrected chi connectivity index (χ3v) is 3.12. The number of nitrogens with zero attached hydrogens (tertiary/aromatic N) is 3. The highest BCUT2D eigenvalue weighted by molar-refractivity contribution is 7.98. The Kier molecular flexibility index (Phi) is 3.46. The van der Waals surface area contributed by atoms with E-state index >= 15 is 0 Å². The molecule has 0 spiro atoms. The molecule has 0 aliphatic rings. The third-order valence-electron chi connectivity index (χ3n) is 2.37. The van der Waals surface area contributed by atoms with Crippen LogP contribution < -0.4 is 5.32 Å². The van der Waals surface area contributed by atoms with Crippen LogP contribution >= 0.6 is 11.8 Å². The fraction of sp³-hybridized carbons (Fsp3) is 0.273. The number of anilines is 1. The van der Waals surface area contributed by atoms with Gasteiger partial charge in [-0.3, -0.25) is 4.68 Å². The van der Waals surface area contributed by atoms with Crippen LogP contribution in [0.25, 0.3) is 0 Å². The van der Waals surface area contributed by atoms with Crippen molar-refractivity contribution < 1.29 is 0 Å². The molecule has 2 rings (SSSR count). The first-order valence-corrected chi connectivity index (χ1v) is 6.23. The van der Waals surface area contributed by atoms with Gasteiger partial charge in [0.25, 0.3) is 0 Å². The Morgan fingerprint density at radius 3 is 2.62 bits per heavy atom. The van der Waals surface area contributed by atoms with Gasteiger partial charge in [-0.1, -0.05) is 5.21 Å². The van der Waals surface area contributed by atoms with E-state index in [1.807, 2.05) is 7.05 Å². The summed E-state index contributed by atoms with van der Waals surface area (Å²) < 4.78 is 1.77. The Labute approximate surface area is 99.1 Å². The van der Waals surface area contributed by atoms with Gasteiger partial charge >= 0.3 is 0 Å². The minimum absolute atomic E-state index is 0.738. The standard InChI is InChI=1S/C11H14N4S/c1-15-10(8-13-14-15)7-12-9-3-5-11(16-2)6-4-9/h3-6,8,12H,7H2,1-2H3. The fourth-order valence-electron chi connectivity index (χ4n) is 1.37. The van der Waals surface area contributed by atoms with Crippen LogP contribution in [0, 0.1) is 0 Å². The van der Waals surface area contributed by atoms with Gasteiger partial charge in [-0.05, 0) is 30.5 Å². The second-order valence-corrected chi connectivity index (χ2v) is 4.31. The van der Waals surface area contributed by atoms with Crippen LogP contribution in [0.3, 0.4) is 0 Å². The number of aromatic nitrogens is 3. The second-order valence-electron chi connectivity index (χ2n) is 3.43. The molecule has 0 aliphatic heterocycles. The van der Waals surface area contributed by atoms with Crippen molar-refractivity contribution in [1.29, 1.82) is 0 Å². The van der Waals surface area contributed by atoms with Gasteiger partial charge in [-0.15, -0.1) is 16.9 Å². The summed E-state index contributed by atoms with van der Waals surface area (Å²) in [5.74, 6) is 0. The molecule has 16 heavy (non-hydrogen) atoms. The number of aryl methyl sites for hydroxylation is 1. The first-order valence-electron chi connectivity index (χ1n) is 5.01. The summed E-state index contributed by atoms with van der Waals surface area (Å²) in [6.07, 6.45) is 3.84. The molecule has 5 heteroatoms. The van der Waals surface area contributed by atoms with Crippen molar-refractivity contribution in [3.63, 3.8) is 0 Å². The van der Waals surface area contributed by atoms with Gasteiger partial charge in [0.1, 0.15) is 0 Å². The van der Waals surface area contributed by atoms with Crippen molar-refractivity contribution in [3.8, 4) is 0 Å². The Hall–Kier alpha value is -1.49. The fourth-order valence-corrected chi connectivity index (χ4v) is 1.78. The van der Waals surface area contributed by atoms with Gasteiger partial charge in [0, 0.05) is 17.6 Å². The molecule has 84 valence electrons. The molecular formula is C11H14N4S. The molecule has 1 N–H and O–H groups in total. The molecule has 0 unspecified atom stereocenters. The molecule has 1 aromatic heterocycles. The second kappa shape index (κ2) is 5.03. The predicted octanol–water partition coefficient (Wildman–Crippen LogP) is 2.15. The summed E-state index contributed by atoms with van der Waals surface area (Å²) in [7, 11) is 1.89. The Morgan fingerprint density at radius 2 is 2.06 bits per heavy atom. The molecular weight excluding hydrogens is 220 g/mol. The minimum atomic E-state index is 0.738. The van der Waals surface area contributed by atoms with E-state index in [0.717, 1.165) is 17.9 Å². The summed E-state index contributed by atoms with van der Waals surface area (Å²) in [6, 6.07) is 8.37. The topological polar surface area (TPSA) is 42.7 Å². The highest BCUT2D eigenvalue weighted by Gasteiger charge is 1.99. The molecule has 0 fully saturated rings. The summed E-state index contributed by atoms with van der Waals surface area (Å²) in [4.78, 5) is 1.27. The van der Waals surface area contributed by atoms with Crippen molar-refractivity contribution in [1.82, 2.24) is 15.0 Å². The van der Waals surface area contributed by atoms with Gasteiger partial charge in [0.05, 0.1) is 18.4 Å². The van der Waals surface area contributed by atoms with Crippen molar-refractivity contribution >= 4 is 17.4 Å². The van der Waals surface area contributed by atoms with Gasteiger partial charge < -0.3 is 5.32 Å². The van der Waals surface area contributed by atoms with E-state index in [4.69, 9.17) is 0 Å². The highest BCUT2D eigenvalue weighted by Crippen LogP contribution is 2.17. The van der Waals surface area contributed by atoms with Crippen molar-refractivity contribution in [2.45, 2.75) is 11.4 Å². The molecule has 1 heterocycles. The van der Waals surface area contributed by atoms with E-state index in [1.54, 1.807) is 22.6 Å². The van der Waals surface area contributed by atoms with E-state index in [-0.39, 0.29) is 0 Å². The van der Waals surface area contributed by atoms with E-state index < -0.39 is 0 Å². The maximum absolute atomic E-state index is 3.88. The SMILES string of the molecule is CSc1ccc(NCc2cnnn2C)cc1. The molecule has 4 nitrogen and oxygen atoms in total. The first kappa shape index (κ1) is 11.0. The lowest BCUT2D eigenvalue weighted by Crippen LogP contribution is -2.05. The lowest BCUT2D eigenvalue weighted by molar-refractivity contribution is 0.683. The smallest absolute Gasteiger partial charge is 0.0774 e. The van der Waals surface area contributed by atoms with Crippen molar-refractivity contribution in [2.75, 3.05) is 11.6 Å². The van der Waals surface area contributed by atoms with E-state index in [0.29, 0.717) is 0 Å². The number of rotatable bonds is 4. The molecule has 0 saturated carbocycles. The maximum Gasteiger partial charge on any atom is 0.0774 e. The molecule has 0 amide bonds. The number of hydrogen-bond donors (Lipinski definition) is 1. The van der Waals surface area contributed by atoms with Crippen LogP contribution in [0.4, 0.5) is 5.69 Å². The quantitative estimate of drug-likeness (QED) is 0.823. The predicted molar refractivity (Wildman–Crippen MR) is 66.6 cm³/mol. The highest BCUT2D eigenvalue weighted by atomic mass is 32.2. The average molecular weight is 234 g/mol. The van der Waals surface area contributed by atoms with Crippen LogP contribution in [0.15, 0.2) is 35.4 Å². The number of benzene rings is 1. The summed E-state index contributed by atoms with van der Waals surface area (Å²) in [5.41, 5.74) is 2.17. The Morgan fingerprint density at radius 1 is 1.31 bits per heavy atom. The van der Waals surface area contributed by atoms with Crippen LogP contribution in [-0.2, 0) is 13.6 Å². The first-order chi connectivity index (χ1) is 7.79. The maximum atomic E-state index is 3.88. The van der Waals surface area contributed by atoms with E-state index in [9.17, 15) is 0 Å². The van der Waals surface area contributed by atoms with Gasteiger partial charge in [0.2, 0.25) is 0 Å². The zero-order chi connectivity index (χ0) is 11.4. The number of thioether (sulfide) groups is 1. The monoisotopic (exact) mass is 234 g/mol. The summed E-state index contributed by atoms with van der Waals surface area (Å²) in [5, 5.41) is 11.0. The van der Waals surface area contributed by atoms with E-state index in [1.165, 1.54) is 4.90 Å². The van der Waals surface area contributed by atoms with Gasteiger partial charge in [-0.25, -0.2) is 0 Å². The third kappa shape index (κ3) is 2.55. The summed E-state index contributed by atoms with van der Waals surface area (Å²) in [6.45, 7) is 0.738. The van der Waals surface area contributed by atoms with Gasteiger partial charge in [0.15, 0.2) is 0 Å². The molecule has 0 radical (unpaired) electrons. The minimum Gasteiger partial charge on any atom is -0.379 e. The normalized spacial score (nSPS) is 10.4. The molecule has 0 aliphatic carbocycles. The van der Waals surface area contributed by atoms with Crippen LogP contribution in [0.5, 0.6) is 0 Å². The van der Waals surface area contributed by atoms with Gasteiger partial charge in [-0.2, -0.15) is 0 Å². The molecule has 2 aromatic rings. The Bertz CT molecular complexity index is 449. The van der Waals surface area contributed by atoms with Crippen LogP contribution in [-0.4, -0.2) is 21.2 Å². The van der Waals surface area contributed by atoms with Crippen molar-refractivity contribution in [3.05, 3.63) is 36.2 Å². The lowest BCUT2D eigenvalue weighted by atomic mass is 10.3. The molecule has 0 bridgehead atoms. The zero-order valence-corrected chi connectivity index (χ0v) is 10.2.